The molecule has 0 amide bonds. The first kappa shape index (κ1) is 14.9. The van der Waals surface area contributed by atoms with Crippen molar-refractivity contribution in [1.29, 1.82) is 0 Å². The zero-order valence-corrected chi connectivity index (χ0v) is 13.6. The summed E-state index contributed by atoms with van der Waals surface area (Å²) in [6.07, 6.45) is 2.15. The summed E-state index contributed by atoms with van der Waals surface area (Å²) in [6.45, 7) is 9.17. The molecule has 0 aliphatic heterocycles. The van der Waals surface area contributed by atoms with E-state index < -0.39 is 0 Å². The number of halogens is 2. The highest BCUT2D eigenvalue weighted by atomic mass is 79.9. The van der Waals surface area contributed by atoms with Crippen molar-refractivity contribution in [1.82, 2.24) is 5.32 Å². The van der Waals surface area contributed by atoms with Crippen LogP contribution in [0.4, 0.5) is 0 Å². The second-order valence-electron chi connectivity index (χ2n) is 4.31. The first-order valence-electron chi connectivity index (χ1n) is 5.86. The Bertz CT molecular complexity index is 368. The van der Waals surface area contributed by atoms with E-state index in [1.54, 1.807) is 0 Å². The van der Waals surface area contributed by atoms with Gasteiger partial charge in [-0.15, -0.1) is 6.58 Å². The lowest BCUT2D eigenvalue weighted by Gasteiger charge is -2.19. The number of allylic oxidation sites excluding steroid dienone is 1. The molecule has 0 aliphatic carbocycles. The van der Waals surface area contributed by atoms with Gasteiger partial charge in [0.15, 0.2) is 0 Å². The SMILES string of the molecule is C=C(C)CCC(NCC)c1cc(Br)cc(Br)c1. The van der Waals surface area contributed by atoms with E-state index in [2.05, 4.69) is 75.8 Å². The Morgan fingerprint density at radius 1 is 1.29 bits per heavy atom. The Kier molecular flexibility index (Phi) is 6.45. The van der Waals surface area contributed by atoms with E-state index in [1.165, 1.54) is 11.1 Å². The van der Waals surface area contributed by atoms with Crippen LogP contribution < -0.4 is 5.32 Å². The van der Waals surface area contributed by atoms with Crippen molar-refractivity contribution in [3.63, 3.8) is 0 Å². The molecular weight excluding hydrogens is 342 g/mol. The van der Waals surface area contributed by atoms with E-state index in [0.717, 1.165) is 28.3 Å². The van der Waals surface area contributed by atoms with Crippen LogP contribution in [0.25, 0.3) is 0 Å². The number of hydrogen-bond donors (Lipinski definition) is 1. The van der Waals surface area contributed by atoms with Gasteiger partial charge in [-0.2, -0.15) is 0 Å². The van der Waals surface area contributed by atoms with Crippen LogP contribution in [0.5, 0.6) is 0 Å². The number of benzene rings is 1. The molecule has 3 heteroatoms. The van der Waals surface area contributed by atoms with E-state index in [0.29, 0.717) is 6.04 Å². The first-order chi connectivity index (χ1) is 8.02. The Hall–Kier alpha value is -0.120. The first-order valence-corrected chi connectivity index (χ1v) is 7.45. The molecule has 1 atom stereocenters. The molecule has 17 heavy (non-hydrogen) atoms. The molecule has 0 heterocycles. The van der Waals surface area contributed by atoms with Gasteiger partial charge in [-0.25, -0.2) is 0 Å². The molecule has 0 radical (unpaired) electrons. The second kappa shape index (κ2) is 7.34. The average molecular weight is 361 g/mol. The molecule has 1 nitrogen and oxygen atoms in total. The minimum absolute atomic E-state index is 0.394. The van der Waals surface area contributed by atoms with Gasteiger partial charge in [0.25, 0.3) is 0 Å². The van der Waals surface area contributed by atoms with Crippen LogP contribution in [0.1, 0.15) is 38.3 Å². The predicted octanol–water partition coefficient (Wildman–Crippen LogP) is 5.22. The summed E-state index contributed by atoms with van der Waals surface area (Å²) in [7, 11) is 0. The van der Waals surface area contributed by atoms with Crippen LogP contribution in [0.15, 0.2) is 39.3 Å². The van der Waals surface area contributed by atoms with Gasteiger partial charge in [0.2, 0.25) is 0 Å². The fourth-order valence-electron chi connectivity index (χ4n) is 1.80. The maximum absolute atomic E-state index is 3.97. The van der Waals surface area contributed by atoms with E-state index in [1.807, 2.05) is 0 Å². The monoisotopic (exact) mass is 359 g/mol. The van der Waals surface area contributed by atoms with Gasteiger partial charge in [0, 0.05) is 15.0 Å². The highest BCUT2D eigenvalue weighted by molar-refractivity contribution is 9.11. The molecule has 0 saturated heterocycles. The van der Waals surface area contributed by atoms with Gasteiger partial charge in [0.1, 0.15) is 0 Å². The standard InChI is InChI=1S/C14H19Br2N/c1-4-17-14(6-5-10(2)3)11-7-12(15)9-13(16)8-11/h7-9,14,17H,2,4-6H2,1,3H3. The van der Waals surface area contributed by atoms with Crippen molar-refractivity contribution in [2.24, 2.45) is 0 Å². The van der Waals surface area contributed by atoms with Gasteiger partial charge in [-0.3, -0.25) is 0 Å². The van der Waals surface area contributed by atoms with Crippen LogP contribution in [-0.4, -0.2) is 6.54 Å². The zero-order chi connectivity index (χ0) is 12.8. The lowest BCUT2D eigenvalue weighted by atomic mass is 10.00. The van der Waals surface area contributed by atoms with E-state index in [-0.39, 0.29) is 0 Å². The van der Waals surface area contributed by atoms with Gasteiger partial charge in [-0.05, 0) is 50.1 Å². The topological polar surface area (TPSA) is 12.0 Å². The smallest absolute Gasteiger partial charge is 0.0323 e. The molecule has 0 bridgehead atoms. The molecule has 1 aromatic carbocycles. The second-order valence-corrected chi connectivity index (χ2v) is 6.14. The van der Waals surface area contributed by atoms with Crippen molar-refractivity contribution in [3.05, 3.63) is 44.9 Å². The Labute approximate surface area is 121 Å². The van der Waals surface area contributed by atoms with E-state index in [4.69, 9.17) is 0 Å². The number of hydrogen-bond acceptors (Lipinski definition) is 1. The molecule has 1 N–H and O–H groups in total. The third-order valence-electron chi connectivity index (χ3n) is 2.60. The summed E-state index contributed by atoms with van der Waals surface area (Å²) in [6, 6.07) is 6.81. The van der Waals surface area contributed by atoms with Gasteiger partial charge in [0.05, 0.1) is 0 Å². The summed E-state index contributed by atoms with van der Waals surface area (Å²) in [5, 5.41) is 3.53. The summed E-state index contributed by atoms with van der Waals surface area (Å²) in [4.78, 5) is 0. The normalized spacial score (nSPS) is 12.5. The molecule has 0 fully saturated rings. The third kappa shape index (κ3) is 5.36. The average Bonchev–Trinajstić information content (AvgIpc) is 2.22. The van der Waals surface area contributed by atoms with Crippen molar-refractivity contribution in [3.8, 4) is 0 Å². The highest BCUT2D eigenvalue weighted by Gasteiger charge is 2.11. The quantitative estimate of drug-likeness (QED) is 0.686. The van der Waals surface area contributed by atoms with Gasteiger partial charge < -0.3 is 5.32 Å². The number of rotatable bonds is 6. The van der Waals surface area contributed by atoms with Crippen LogP contribution in [0.2, 0.25) is 0 Å². The van der Waals surface area contributed by atoms with Gasteiger partial charge in [-0.1, -0.05) is 44.4 Å². The summed E-state index contributed by atoms with van der Waals surface area (Å²) in [5.74, 6) is 0. The summed E-state index contributed by atoms with van der Waals surface area (Å²) in [5.41, 5.74) is 2.55. The lowest BCUT2D eigenvalue weighted by Crippen LogP contribution is -2.21. The minimum Gasteiger partial charge on any atom is -0.310 e. The number of nitrogens with one attached hydrogen (secondary N) is 1. The Morgan fingerprint density at radius 2 is 1.88 bits per heavy atom. The van der Waals surface area contributed by atoms with Crippen molar-refractivity contribution >= 4 is 31.9 Å². The fraction of sp³-hybridized carbons (Fsp3) is 0.429. The highest BCUT2D eigenvalue weighted by Crippen LogP contribution is 2.27. The maximum Gasteiger partial charge on any atom is 0.0323 e. The van der Waals surface area contributed by atoms with Gasteiger partial charge >= 0.3 is 0 Å². The Morgan fingerprint density at radius 3 is 2.35 bits per heavy atom. The van der Waals surface area contributed by atoms with Crippen LogP contribution in [0, 0.1) is 0 Å². The predicted molar refractivity (Wildman–Crippen MR) is 82.3 cm³/mol. The molecule has 1 aromatic rings. The molecule has 0 spiro atoms. The third-order valence-corrected chi connectivity index (χ3v) is 3.51. The van der Waals surface area contributed by atoms with E-state index >= 15 is 0 Å². The van der Waals surface area contributed by atoms with Crippen molar-refractivity contribution < 1.29 is 0 Å². The van der Waals surface area contributed by atoms with Crippen molar-refractivity contribution in [2.75, 3.05) is 6.54 Å². The molecule has 0 aliphatic rings. The summed E-state index contributed by atoms with van der Waals surface area (Å²) < 4.78 is 2.22. The molecule has 1 unspecified atom stereocenters. The molecule has 1 rings (SSSR count). The largest absolute Gasteiger partial charge is 0.310 e. The molecule has 0 aromatic heterocycles. The lowest BCUT2D eigenvalue weighted by molar-refractivity contribution is 0.514. The molecule has 94 valence electrons. The zero-order valence-electron chi connectivity index (χ0n) is 10.4. The van der Waals surface area contributed by atoms with Crippen molar-refractivity contribution in [2.45, 2.75) is 32.7 Å². The molecule has 0 saturated carbocycles. The fourth-order valence-corrected chi connectivity index (χ4v) is 3.13. The van der Waals surface area contributed by atoms with Crippen LogP contribution in [-0.2, 0) is 0 Å². The van der Waals surface area contributed by atoms with E-state index in [9.17, 15) is 0 Å². The Balaban J connectivity index is 2.84. The minimum atomic E-state index is 0.394. The maximum atomic E-state index is 3.97. The van der Waals surface area contributed by atoms with Crippen LogP contribution >= 0.6 is 31.9 Å². The van der Waals surface area contributed by atoms with Crippen LogP contribution in [0.3, 0.4) is 0 Å². The summed E-state index contributed by atoms with van der Waals surface area (Å²) >= 11 is 7.07. The molecular formula is C14H19Br2N.